The number of unbranched alkanes of at least 4 members (excludes halogenated alkanes) is 1. The van der Waals surface area contributed by atoms with Crippen LogP contribution in [0.3, 0.4) is 0 Å². The lowest BCUT2D eigenvalue weighted by Gasteiger charge is -2.33. The molecule has 2 amide bonds. The molecule has 22 nitrogen and oxygen atoms in total. The van der Waals surface area contributed by atoms with Gasteiger partial charge in [-0.15, -0.1) is 0 Å². The van der Waals surface area contributed by atoms with Crippen molar-refractivity contribution in [2.45, 2.75) is 93.4 Å². The number of hydrogen-bond donors (Lipinski definition) is 17. The number of rotatable bonds is 27. The van der Waals surface area contributed by atoms with E-state index >= 15 is 0 Å². The van der Waals surface area contributed by atoms with E-state index in [4.69, 9.17) is 44.4 Å². The fourth-order valence-corrected chi connectivity index (χ4v) is 6.82. The van der Waals surface area contributed by atoms with Crippen LogP contribution in [0.25, 0.3) is 10.8 Å². The second kappa shape index (κ2) is 25.6. The Morgan fingerprint density at radius 1 is 0.726 bits per heavy atom. The van der Waals surface area contributed by atoms with E-state index in [1.165, 1.54) is 4.90 Å². The Balaban J connectivity index is 1.55. The second-order valence-corrected chi connectivity index (χ2v) is 15.3. The molecular weight excluding hydrogens is 836 g/mol. The number of carbonyl (C=O) groups is 2. The molecule has 62 heavy (non-hydrogen) atoms. The van der Waals surface area contributed by atoms with Crippen LogP contribution >= 0.6 is 11.6 Å². The number of hydrogen-bond acceptors (Lipinski definition) is 19. The topological polar surface area (TPSA) is 403 Å². The minimum atomic E-state index is -1.92. The molecule has 0 aliphatic rings. The third-order valence-electron chi connectivity index (χ3n) is 10.3. The van der Waals surface area contributed by atoms with Crippen molar-refractivity contribution in [2.24, 2.45) is 5.73 Å². The fraction of sp³-hybridized carbons (Fsp3) is 0.564. The summed E-state index contributed by atoms with van der Waals surface area (Å²) in [7, 11) is 0. The number of carbonyl (C=O) groups excluding carboxylic acids is 2. The zero-order valence-electron chi connectivity index (χ0n) is 34.1. The van der Waals surface area contributed by atoms with Gasteiger partial charge < -0.3 is 78.9 Å². The van der Waals surface area contributed by atoms with E-state index in [0.717, 1.165) is 34.7 Å². The molecule has 1 heterocycles. The minimum absolute atomic E-state index is 0.0655. The number of benzene rings is 2. The van der Waals surface area contributed by atoms with Gasteiger partial charge in [0.05, 0.1) is 31.5 Å². The van der Waals surface area contributed by atoms with Crippen molar-refractivity contribution in [3.63, 3.8) is 0 Å². The number of fused-ring (bicyclic) bond motifs is 1. The summed E-state index contributed by atoms with van der Waals surface area (Å²) in [5.41, 5.74) is 18.8. The van der Waals surface area contributed by atoms with Gasteiger partial charge >= 0.3 is 0 Å². The van der Waals surface area contributed by atoms with Gasteiger partial charge in [-0.05, 0) is 73.5 Å². The Morgan fingerprint density at radius 3 is 1.79 bits per heavy atom. The van der Waals surface area contributed by atoms with Crippen molar-refractivity contribution >= 4 is 51.8 Å². The maximum atomic E-state index is 12.5. The molecule has 0 aliphatic carbocycles. The van der Waals surface area contributed by atoms with Crippen LogP contribution in [0.5, 0.6) is 0 Å². The van der Waals surface area contributed by atoms with E-state index in [2.05, 4.69) is 25.9 Å². The molecule has 346 valence electrons. The van der Waals surface area contributed by atoms with Crippen LogP contribution in [0.4, 0.5) is 11.6 Å². The highest BCUT2D eigenvalue weighted by molar-refractivity contribution is 6.31. The summed E-state index contributed by atoms with van der Waals surface area (Å²) in [6, 6.07) is 11.1. The Labute approximate surface area is 362 Å². The van der Waals surface area contributed by atoms with E-state index in [1.807, 2.05) is 36.4 Å². The number of aliphatic hydroxyl groups excluding tert-OH is 10. The first-order valence-electron chi connectivity index (χ1n) is 20.0. The molecule has 0 radical (unpaired) electrons. The highest BCUT2D eigenvalue weighted by Crippen LogP contribution is 2.26. The molecule has 9 unspecified atom stereocenters. The van der Waals surface area contributed by atoms with Crippen LogP contribution in [0.1, 0.15) is 47.3 Å². The van der Waals surface area contributed by atoms with Gasteiger partial charge in [0, 0.05) is 19.6 Å². The molecule has 3 rings (SSSR count). The van der Waals surface area contributed by atoms with Gasteiger partial charge in [-0.2, -0.15) is 0 Å². The van der Waals surface area contributed by atoms with E-state index < -0.39 is 93.0 Å². The van der Waals surface area contributed by atoms with Gasteiger partial charge in [0.25, 0.3) is 5.91 Å². The number of nitrogen functional groups attached to an aromatic ring is 2. The van der Waals surface area contributed by atoms with Crippen molar-refractivity contribution in [1.29, 1.82) is 5.41 Å². The molecule has 2 aromatic carbocycles. The van der Waals surface area contributed by atoms with E-state index in [9.17, 15) is 50.4 Å². The largest absolute Gasteiger partial charge is 0.394 e. The Kier molecular flexibility index (Phi) is 21.5. The quantitative estimate of drug-likeness (QED) is 0.0195. The third-order valence-corrected chi connectivity index (χ3v) is 10.5. The second-order valence-electron chi connectivity index (χ2n) is 14.9. The predicted molar refractivity (Wildman–Crippen MR) is 229 cm³/mol. The zero-order valence-corrected chi connectivity index (χ0v) is 34.8. The summed E-state index contributed by atoms with van der Waals surface area (Å²) in [5, 5.41) is 118. The average Bonchev–Trinajstić information content (AvgIpc) is 3.25. The highest BCUT2D eigenvalue weighted by atomic mass is 35.5. The molecule has 0 saturated heterocycles. The number of aliphatic hydroxyl groups is 10. The summed E-state index contributed by atoms with van der Waals surface area (Å²) < 4.78 is 0. The van der Waals surface area contributed by atoms with E-state index in [1.54, 1.807) is 0 Å². The predicted octanol–water partition coefficient (Wildman–Crippen LogP) is -4.34. The van der Waals surface area contributed by atoms with Crippen molar-refractivity contribution < 1.29 is 60.7 Å². The van der Waals surface area contributed by atoms with Crippen LogP contribution in [0, 0.1) is 5.41 Å². The Morgan fingerprint density at radius 2 is 1.26 bits per heavy atom. The van der Waals surface area contributed by atoms with Gasteiger partial charge in [-0.25, -0.2) is 9.97 Å². The fourth-order valence-electron chi connectivity index (χ4n) is 6.69. The van der Waals surface area contributed by atoms with Crippen LogP contribution in [0.2, 0.25) is 5.15 Å². The van der Waals surface area contributed by atoms with Crippen LogP contribution in [0.15, 0.2) is 36.4 Å². The molecule has 0 spiro atoms. The maximum Gasteiger partial charge on any atom is 0.280 e. The maximum absolute atomic E-state index is 12.5. The van der Waals surface area contributed by atoms with E-state index in [0.29, 0.717) is 25.8 Å². The normalized spacial score (nSPS) is 16.2. The number of anilines is 2. The average molecular weight is 897 g/mol. The monoisotopic (exact) mass is 896 g/mol. The lowest BCUT2D eigenvalue weighted by molar-refractivity contribution is -0.130. The Bertz CT molecular complexity index is 1870. The Hall–Kier alpha value is -4.40. The SMILES string of the molecule is N=C(NCCCCc1ccc(CCC(NCCCN(CC(O)C(O)C(O)C(O)CO)CC(O)C(O)C(O)C(O)CO)C(N)=O)c2ccccc12)NC(=O)c1nc(Cl)c(N)nc1N. The lowest BCUT2D eigenvalue weighted by atomic mass is 9.93. The number of primary amides is 1. The first-order valence-corrected chi connectivity index (χ1v) is 20.4. The van der Waals surface area contributed by atoms with Crippen LogP contribution in [-0.2, 0) is 17.6 Å². The number of nitrogens with zero attached hydrogens (tertiary/aromatic N) is 3. The van der Waals surface area contributed by atoms with E-state index in [-0.39, 0.29) is 48.0 Å². The molecule has 23 heteroatoms. The summed E-state index contributed by atoms with van der Waals surface area (Å²) in [5.74, 6) is -1.95. The van der Waals surface area contributed by atoms with Gasteiger partial charge in [-0.1, -0.05) is 48.0 Å². The molecule has 0 saturated carbocycles. The molecule has 3 aromatic rings. The van der Waals surface area contributed by atoms with Crippen molar-refractivity contribution in [1.82, 2.24) is 30.8 Å². The number of aromatic nitrogens is 2. The minimum Gasteiger partial charge on any atom is -0.394 e. The van der Waals surface area contributed by atoms with Gasteiger partial charge in [0.15, 0.2) is 28.4 Å². The van der Waals surface area contributed by atoms with Crippen molar-refractivity contribution in [3.8, 4) is 0 Å². The smallest absolute Gasteiger partial charge is 0.280 e. The molecular formula is C39H61ClN10O12. The van der Waals surface area contributed by atoms with Crippen LogP contribution in [-0.4, -0.2) is 185 Å². The van der Waals surface area contributed by atoms with Gasteiger partial charge in [-0.3, -0.25) is 25.2 Å². The van der Waals surface area contributed by atoms with Crippen LogP contribution < -0.4 is 33.2 Å². The standard InChI is InChI=1S/C39H61ClN10O12/c40-34-36(42)48-35(41)29(47-34)38(62)49-39(44)46-13-4-3-6-20-9-10-21(23-8-2-1-7-22(20)23)11-12-24(37(43)61)45-14-5-15-50(16-25(53)30(57)32(59)27(55)18-51)17-26(54)31(58)33(60)28(56)19-52/h1-2,7-10,24-28,30-33,45,51-60H,3-6,11-19H2,(H2,43,61)(H4,41,42,48)(H3,44,46,49,62). The molecule has 20 N–H and O–H groups in total. The van der Waals surface area contributed by atoms with Crippen molar-refractivity contribution in [3.05, 3.63) is 58.4 Å². The number of amides is 2. The molecule has 0 aliphatic heterocycles. The summed E-state index contributed by atoms with van der Waals surface area (Å²) in [6.07, 6.45) is -11.3. The third kappa shape index (κ3) is 15.4. The summed E-state index contributed by atoms with van der Waals surface area (Å²) in [6.45, 7) is -1.95. The number of nitrogens with two attached hydrogens (primary N) is 3. The number of guanidine groups is 1. The summed E-state index contributed by atoms with van der Waals surface area (Å²) >= 11 is 5.84. The molecule has 9 atom stereocenters. The molecule has 0 fully saturated rings. The first-order chi connectivity index (χ1) is 29.4. The highest BCUT2D eigenvalue weighted by Gasteiger charge is 2.34. The van der Waals surface area contributed by atoms with Crippen molar-refractivity contribution in [2.75, 3.05) is 57.4 Å². The van der Waals surface area contributed by atoms with Gasteiger partial charge in [0.1, 0.15) is 36.6 Å². The number of halogens is 1. The number of nitrogens with one attached hydrogen (secondary N) is 4. The number of aryl methyl sites for hydroxylation is 2. The molecule has 0 bridgehead atoms. The van der Waals surface area contributed by atoms with Gasteiger partial charge in [0.2, 0.25) is 5.91 Å². The first kappa shape index (κ1) is 51.9. The lowest BCUT2D eigenvalue weighted by Crippen LogP contribution is -2.53. The zero-order chi connectivity index (χ0) is 46.1. The molecule has 1 aromatic heterocycles. The summed E-state index contributed by atoms with van der Waals surface area (Å²) in [4.78, 5) is 33.9.